The highest BCUT2D eigenvalue weighted by Crippen LogP contribution is 2.60. The Bertz CT molecular complexity index is 1260. The van der Waals surface area contributed by atoms with Gasteiger partial charge in [0.2, 0.25) is 0 Å². The quantitative estimate of drug-likeness (QED) is 0.463. The molecule has 0 radical (unpaired) electrons. The average molecular weight is 433 g/mol. The minimum absolute atomic E-state index is 0.101. The van der Waals surface area contributed by atoms with Gasteiger partial charge in [0.1, 0.15) is 11.8 Å². The molecule has 0 unspecified atom stereocenters. The van der Waals surface area contributed by atoms with E-state index in [-0.39, 0.29) is 30.3 Å². The summed E-state index contributed by atoms with van der Waals surface area (Å²) in [5.41, 5.74) is 5.11. The summed E-state index contributed by atoms with van der Waals surface area (Å²) in [4.78, 5) is 27.1. The zero-order valence-electron chi connectivity index (χ0n) is 17.6. The summed E-state index contributed by atoms with van der Waals surface area (Å²) in [6, 6.07) is 25.3. The number of carbonyl (C=O) groups is 2. The second kappa shape index (κ2) is 7.42. The van der Waals surface area contributed by atoms with Crippen molar-refractivity contribution in [1.29, 1.82) is 5.26 Å². The van der Waals surface area contributed by atoms with Crippen LogP contribution in [-0.2, 0) is 9.59 Å². The number of carbonyl (C=O) groups excluding carboxylic acids is 2. The first-order valence-electron chi connectivity index (χ1n) is 10.9. The van der Waals surface area contributed by atoms with Gasteiger partial charge in [-0.05, 0) is 34.4 Å². The van der Waals surface area contributed by atoms with E-state index >= 15 is 0 Å². The van der Waals surface area contributed by atoms with Crippen molar-refractivity contribution in [3.05, 3.63) is 101 Å². The topological polar surface area (TPSA) is 82.8 Å². The van der Waals surface area contributed by atoms with Crippen LogP contribution in [0.15, 0.2) is 77.9 Å². The number of nitrogens with zero attached hydrogens (tertiary/aromatic N) is 3. The molecule has 1 aliphatic heterocycles. The molecular weight excluding hydrogens is 414 g/mol. The Morgan fingerprint density at radius 2 is 1.30 bits per heavy atom. The number of hydrazone groups is 1. The van der Waals surface area contributed by atoms with Gasteiger partial charge in [-0.25, -0.2) is 0 Å². The highest BCUT2D eigenvalue weighted by atomic mass is 16.5. The Morgan fingerprint density at radius 1 is 0.818 bits per heavy atom. The third kappa shape index (κ3) is 2.76. The van der Waals surface area contributed by atoms with E-state index in [1.807, 2.05) is 36.4 Å². The zero-order chi connectivity index (χ0) is 22.5. The standard InChI is InChI=1S/C27H19N3O3/c28-13-14-33-21-12-6-1-7-16(21)15-29-30-26(31)24-22-17-8-2-3-9-18(17)23(25(24)27(30)32)20-11-5-4-10-19(20)22/h1-12,15,22-25H,14H2/b29-15-/t22?,23?,24-,25-/m1/s1. The predicted molar refractivity (Wildman–Crippen MR) is 121 cm³/mol. The molecule has 0 aromatic heterocycles. The molecular formula is C27H19N3O3. The second-order valence-corrected chi connectivity index (χ2v) is 8.48. The van der Waals surface area contributed by atoms with Gasteiger partial charge in [0.05, 0.1) is 18.1 Å². The van der Waals surface area contributed by atoms with Gasteiger partial charge in [-0.3, -0.25) is 9.59 Å². The van der Waals surface area contributed by atoms with Crippen molar-refractivity contribution >= 4 is 18.0 Å². The number of ether oxygens (including phenoxy) is 1. The maximum Gasteiger partial charge on any atom is 0.254 e. The van der Waals surface area contributed by atoms with E-state index in [4.69, 9.17) is 10.00 Å². The van der Waals surface area contributed by atoms with Crippen LogP contribution in [0.5, 0.6) is 5.75 Å². The van der Waals surface area contributed by atoms with Crippen molar-refractivity contribution in [2.45, 2.75) is 11.8 Å². The van der Waals surface area contributed by atoms with Crippen molar-refractivity contribution in [3.8, 4) is 11.8 Å². The van der Waals surface area contributed by atoms with Crippen molar-refractivity contribution in [2.75, 3.05) is 6.61 Å². The summed E-state index contributed by atoms with van der Waals surface area (Å²) < 4.78 is 5.44. The lowest BCUT2D eigenvalue weighted by atomic mass is 9.55. The van der Waals surface area contributed by atoms with E-state index < -0.39 is 11.8 Å². The normalized spacial score (nSPS) is 24.4. The molecule has 2 amide bonds. The zero-order valence-corrected chi connectivity index (χ0v) is 17.6. The molecule has 1 fully saturated rings. The second-order valence-electron chi connectivity index (χ2n) is 8.48. The first-order valence-corrected chi connectivity index (χ1v) is 10.9. The highest BCUT2D eigenvalue weighted by molar-refractivity contribution is 6.08. The molecule has 3 aromatic carbocycles. The first-order chi connectivity index (χ1) is 16.2. The van der Waals surface area contributed by atoms with E-state index in [9.17, 15) is 9.59 Å². The summed E-state index contributed by atoms with van der Waals surface area (Å²) in [6.07, 6.45) is 1.46. The van der Waals surface area contributed by atoms with Gasteiger partial charge in [0.15, 0.2) is 6.61 Å². The van der Waals surface area contributed by atoms with Crippen LogP contribution >= 0.6 is 0 Å². The molecule has 3 aliphatic carbocycles. The number of benzene rings is 3. The number of rotatable bonds is 4. The van der Waals surface area contributed by atoms with E-state index in [1.54, 1.807) is 18.2 Å². The molecule has 160 valence electrons. The molecule has 3 aromatic rings. The molecule has 6 heteroatoms. The lowest BCUT2D eigenvalue weighted by Gasteiger charge is -2.45. The van der Waals surface area contributed by atoms with Crippen LogP contribution < -0.4 is 4.74 Å². The largest absolute Gasteiger partial charge is 0.478 e. The van der Waals surface area contributed by atoms with E-state index in [2.05, 4.69) is 29.4 Å². The summed E-state index contributed by atoms with van der Waals surface area (Å²) in [7, 11) is 0. The molecule has 1 saturated heterocycles. The van der Waals surface area contributed by atoms with Crippen LogP contribution in [0.4, 0.5) is 0 Å². The number of hydrogen-bond acceptors (Lipinski definition) is 5. The molecule has 0 saturated carbocycles. The van der Waals surface area contributed by atoms with Crippen molar-refractivity contribution in [1.82, 2.24) is 5.01 Å². The summed E-state index contributed by atoms with van der Waals surface area (Å²) in [6.45, 7) is -0.101. The lowest BCUT2D eigenvalue weighted by Crippen LogP contribution is -2.41. The number of nitriles is 1. The van der Waals surface area contributed by atoms with Gasteiger partial charge in [-0.15, -0.1) is 0 Å². The van der Waals surface area contributed by atoms with Gasteiger partial charge in [0.25, 0.3) is 11.8 Å². The minimum atomic E-state index is -0.463. The van der Waals surface area contributed by atoms with Crippen LogP contribution in [0.3, 0.4) is 0 Å². The van der Waals surface area contributed by atoms with Crippen molar-refractivity contribution < 1.29 is 14.3 Å². The van der Waals surface area contributed by atoms with Crippen molar-refractivity contribution in [3.63, 3.8) is 0 Å². The van der Waals surface area contributed by atoms with Crippen LogP contribution in [-0.4, -0.2) is 29.6 Å². The SMILES string of the molecule is N#CCOc1ccccc1/C=N\N1C(=O)[C@@H]2C3c4ccccc4C(c4ccccc43)[C@H]2C1=O. The number of imide groups is 1. The monoisotopic (exact) mass is 433 g/mol. The van der Waals surface area contributed by atoms with Gasteiger partial charge in [-0.2, -0.15) is 15.4 Å². The smallest absolute Gasteiger partial charge is 0.254 e. The Hall–Kier alpha value is -4.24. The Balaban J connectivity index is 1.40. The third-order valence-corrected chi connectivity index (χ3v) is 6.95. The predicted octanol–water partition coefficient (Wildman–Crippen LogP) is 3.82. The van der Waals surface area contributed by atoms with Gasteiger partial charge < -0.3 is 4.74 Å². The molecule has 2 bridgehead atoms. The highest BCUT2D eigenvalue weighted by Gasteiger charge is 2.61. The third-order valence-electron chi connectivity index (χ3n) is 6.95. The van der Waals surface area contributed by atoms with Gasteiger partial charge >= 0.3 is 0 Å². The van der Waals surface area contributed by atoms with Crippen LogP contribution in [0.25, 0.3) is 0 Å². The van der Waals surface area contributed by atoms with Crippen LogP contribution in [0.1, 0.15) is 39.7 Å². The fourth-order valence-electron chi connectivity index (χ4n) is 5.72. The first kappa shape index (κ1) is 19.4. The van der Waals surface area contributed by atoms with Crippen molar-refractivity contribution in [2.24, 2.45) is 16.9 Å². The molecule has 7 rings (SSSR count). The maximum atomic E-state index is 13.6. The minimum Gasteiger partial charge on any atom is -0.478 e. The van der Waals surface area contributed by atoms with E-state index in [1.165, 1.54) is 6.21 Å². The Morgan fingerprint density at radius 3 is 1.82 bits per heavy atom. The molecule has 6 nitrogen and oxygen atoms in total. The fourth-order valence-corrected chi connectivity index (χ4v) is 5.72. The lowest BCUT2D eigenvalue weighted by molar-refractivity contribution is -0.139. The number of para-hydroxylation sites is 1. The van der Waals surface area contributed by atoms with Gasteiger partial charge in [-0.1, -0.05) is 60.7 Å². The average Bonchev–Trinajstić information content (AvgIpc) is 3.12. The fraction of sp³-hybridized carbons (Fsp3) is 0.185. The molecule has 1 heterocycles. The number of amides is 2. The molecule has 0 N–H and O–H groups in total. The van der Waals surface area contributed by atoms with E-state index in [0.29, 0.717) is 11.3 Å². The molecule has 4 aliphatic rings. The molecule has 0 spiro atoms. The maximum absolute atomic E-state index is 13.6. The van der Waals surface area contributed by atoms with Crippen LogP contribution in [0, 0.1) is 23.2 Å². The van der Waals surface area contributed by atoms with E-state index in [0.717, 1.165) is 27.3 Å². The summed E-state index contributed by atoms with van der Waals surface area (Å²) in [5, 5.41) is 14.2. The van der Waals surface area contributed by atoms with Crippen LogP contribution in [0.2, 0.25) is 0 Å². The van der Waals surface area contributed by atoms with Gasteiger partial charge in [0, 0.05) is 17.4 Å². The Kier molecular flexibility index (Phi) is 4.37. The number of hydrogen-bond donors (Lipinski definition) is 0. The molecule has 2 atom stereocenters. The summed E-state index contributed by atoms with van der Waals surface area (Å²) >= 11 is 0. The summed E-state index contributed by atoms with van der Waals surface area (Å²) in [5.74, 6) is -1.31. The molecule has 33 heavy (non-hydrogen) atoms. The Labute approximate surface area is 190 Å².